The quantitative estimate of drug-likeness (QED) is 0.499. The maximum atomic E-state index is 6.22. The van der Waals surface area contributed by atoms with Crippen molar-refractivity contribution in [2.24, 2.45) is 17.3 Å². The third-order valence-corrected chi connectivity index (χ3v) is 8.98. The zero-order valence-electron chi connectivity index (χ0n) is 18.5. The van der Waals surface area contributed by atoms with Crippen molar-refractivity contribution in [1.29, 1.82) is 0 Å². The Morgan fingerprint density at radius 1 is 0.933 bits per heavy atom. The lowest BCUT2D eigenvalue weighted by molar-refractivity contribution is -0.0894. The highest BCUT2D eigenvalue weighted by atomic mass is 35.5. The van der Waals surface area contributed by atoms with Crippen LogP contribution in [0.3, 0.4) is 0 Å². The number of hydrogen-bond donors (Lipinski definition) is 1. The van der Waals surface area contributed by atoms with Crippen molar-refractivity contribution in [3.63, 3.8) is 0 Å². The van der Waals surface area contributed by atoms with Crippen LogP contribution in [0.5, 0.6) is 0 Å². The highest BCUT2D eigenvalue weighted by molar-refractivity contribution is 6.30. The fraction of sp³-hybridized carbons (Fsp3) is 0.571. The predicted octanol–water partition coefficient (Wildman–Crippen LogP) is 7.18. The summed E-state index contributed by atoms with van der Waals surface area (Å²) in [4.78, 5) is 0. The summed E-state index contributed by atoms with van der Waals surface area (Å²) in [6.07, 6.45) is 10.8. The van der Waals surface area contributed by atoms with Crippen LogP contribution >= 0.6 is 11.6 Å². The number of aryl methyl sites for hydroxylation is 1. The molecular weight excluding hydrogens is 386 g/mol. The second kappa shape index (κ2) is 7.99. The third-order valence-electron chi connectivity index (χ3n) is 8.72. The maximum Gasteiger partial charge on any atom is 0.0406 e. The summed E-state index contributed by atoms with van der Waals surface area (Å²) >= 11 is 6.22. The maximum absolute atomic E-state index is 6.22. The largest absolute Gasteiger partial charge is 0.311 e. The molecule has 0 aromatic heterocycles. The fourth-order valence-corrected chi connectivity index (χ4v) is 7.82. The molecule has 4 bridgehead atoms. The lowest BCUT2D eigenvalue weighted by atomic mass is 9.41. The van der Waals surface area contributed by atoms with Gasteiger partial charge in [0.05, 0.1) is 0 Å². The van der Waals surface area contributed by atoms with E-state index in [2.05, 4.69) is 73.8 Å². The van der Waals surface area contributed by atoms with Crippen LogP contribution in [0.1, 0.15) is 69.9 Å². The predicted molar refractivity (Wildman–Crippen MR) is 127 cm³/mol. The van der Waals surface area contributed by atoms with Gasteiger partial charge in [-0.2, -0.15) is 0 Å². The van der Waals surface area contributed by atoms with Gasteiger partial charge in [0, 0.05) is 17.1 Å². The molecule has 4 aliphatic rings. The molecule has 2 aromatic carbocycles. The molecule has 1 nitrogen and oxygen atoms in total. The van der Waals surface area contributed by atoms with Gasteiger partial charge in [0.25, 0.3) is 0 Å². The van der Waals surface area contributed by atoms with E-state index in [1.54, 1.807) is 5.56 Å². The van der Waals surface area contributed by atoms with Crippen LogP contribution in [0.2, 0.25) is 5.02 Å². The van der Waals surface area contributed by atoms with Gasteiger partial charge in [0.1, 0.15) is 0 Å². The van der Waals surface area contributed by atoms with Gasteiger partial charge < -0.3 is 5.32 Å². The zero-order chi connectivity index (χ0) is 20.8. The molecular formula is C28H36ClN. The minimum absolute atomic E-state index is 0.387. The summed E-state index contributed by atoms with van der Waals surface area (Å²) in [5, 5.41) is 4.93. The Morgan fingerprint density at radius 3 is 2.27 bits per heavy atom. The summed E-state index contributed by atoms with van der Waals surface area (Å²) in [7, 11) is 0. The van der Waals surface area contributed by atoms with Crippen LogP contribution in [-0.4, -0.2) is 12.1 Å². The Kier molecular flexibility index (Phi) is 5.48. The van der Waals surface area contributed by atoms with Gasteiger partial charge in [0.2, 0.25) is 0 Å². The van der Waals surface area contributed by atoms with Crippen molar-refractivity contribution in [3.8, 4) is 0 Å². The van der Waals surface area contributed by atoms with Crippen LogP contribution < -0.4 is 5.32 Å². The highest BCUT2D eigenvalue weighted by Crippen LogP contribution is 2.66. The van der Waals surface area contributed by atoms with Gasteiger partial charge in [-0.3, -0.25) is 0 Å². The molecule has 1 N–H and O–H groups in total. The summed E-state index contributed by atoms with van der Waals surface area (Å²) in [5.41, 5.74) is 3.85. The van der Waals surface area contributed by atoms with E-state index in [0.717, 1.165) is 23.3 Å². The molecule has 0 spiro atoms. The summed E-state index contributed by atoms with van der Waals surface area (Å²) in [6, 6.07) is 20.9. The van der Waals surface area contributed by atoms with Crippen LogP contribution in [0.15, 0.2) is 54.6 Å². The summed E-state index contributed by atoms with van der Waals surface area (Å²) in [5.74, 6) is 1.82. The van der Waals surface area contributed by atoms with Crippen molar-refractivity contribution in [3.05, 3.63) is 70.7 Å². The van der Waals surface area contributed by atoms with E-state index in [1.165, 1.54) is 50.5 Å². The van der Waals surface area contributed by atoms with Crippen molar-refractivity contribution in [1.82, 2.24) is 5.32 Å². The normalized spacial score (nSPS) is 34.1. The number of nitrogens with one attached hydrogen (secondary N) is 1. The number of benzene rings is 2. The lowest BCUT2D eigenvalue weighted by Gasteiger charge is -2.64. The van der Waals surface area contributed by atoms with E-state index >= 15 is 0 Å². The molecule has 6 rings (SSSR count). The molecule has 160 valence electrons. The monoisotopic (exact) mass is 421 g/mol. The van der Waals surface area contributed by atoms with Gasteiger partial charge in [-0.25, -0.2) is 0 Å². The van der Waals surface area contributed by atoms with Crippen LogP contribution in [0.25, 0.3) is 0 Å². The summed E-state index contributed by atoms with van der Waals surface area (Å²) < 4.78 is 0. The molecule has 30 heavy (non-hydrogen) atoms. The molecule has 4 saturated carbocycles. The van der Waals surface area contributed by atoms with Crippen LogP contribution in [-0.2, 0) is 11.8 Å². The molecule has 2 aromatic rings. The lowest BCUT2D eigenvalue weighted by Crippen LogP contribution is -2.60. The smallest absolute Gasteiger partial charge is 0.0406 e. The molecule has 0 aliphatic heterocycles. The van der Waals surface area contributed by atoms with Crippen molar-refractivity contribution in [2.45, 2.75) is 82.7 Å². The average Bonchev–Trinajstić information content (AvgIpc) is 2.72. The second-order valence-corrected chi connectivity index (χ2v) is 11.4. The zero-order valence-corrected chi connectivity index (χ0v) is 19.3. The van der Waals surface area contributed by atoms with E-state index in [4.69, 9.17) is 11.6 Å². The molecule has 0 heterocycles. The van der Waals surface area contributed by atoms with E-state index < -0.39 is 0 Å². The summed E-state index contributed by atoms with van der Waals surface area (Å²) in [6.45, 7) is 4.87. The third kappa shape index (κ3) is 3.84. The van der Waals surface area contributed by atoms with Gasteiger partial charge in [0.15, 0.2) is 0 Å². The molecule has 4 atom stereocenters. The molecule has 0 saturated heterocycles. The number of halogens is 1. The molecule has 4 fully saturated rings. The topological polar surface area (TPSA) is 12.0 Å². The van der Waals surface area contributed by atoms with Gasteiger partial charge >= 0.3 is 0 Å². The first-order valence-electron chi connectivity index (χ1n) is 12.0. The van der Waals surface area contributed by atoms with Gasteiger partial charge in [-0.15, -0.1) is 0 Å². The van der Waals surface area contributed by atoms with Crippen molar-refractivity contribution in [2.75, 3.05) is 0 Å². The van der Waals surface area contributed by atoms with Crippen molar-refractivity contribution < 1.29 is 0 Å². The van der Waals surface area contributed by atoms with E-state index in [9.17, 15) is 0 Å². The molecule has 4 aliphatic carbocycles. The minimum Gasteiger partial charge on any atom is -0.311 e. The van der Waals surface area contributed by atoms with Crippen molar-refractivity contribution >= 4 is 11.6 Å². The Labute approximate surface area is 187 Å². The molecule has 0 amide bonds. The standard InChI is InChI=1S/C28H36ClN/c1-20(8-9-22-6-4-3-5-7-22)30-21(2)27-15-23-14-24(16-27)18-28(17-23,19-27)25-10-12-26(29)13-11-25/h3-7,10-13,20-21,23-24,30H,8-9,14-19H2,1-2H3/t20-,21+,23+,24+,27?,28?/m1/s1. The second-order valence-electron chi connectivity index (χ2n) is 10.9. The molecule has 0 radical (unpaired) electrons. The Bertz CT molecular complexity index is 844. The number of hydrogen-bond acceptors (Lipinski definition) is 1. The fourth-order valence-electron chi connectivity index (χ4n) is 7.70. The SMILES string of the molecule is C[C@H](CCc1ccccc1)N[C@@H](C)C12C[C@@H]3C[C@H](CC(c4ccc(Cl)cc4)(C3)C1)C2. The Hall–Kier alpha value is -1.31. The Morgan fingerprint density at radius 2 is 1.60 bits per heavy atom. The van der Waals surface area contributed by atoms with Crippen LogP contribution in [0, 0.1) is 17.3 Å². The van der Waals surface area contributed by atoms with Gasteiger partial charge in [-0.1, -0.05) is 54.1 Å². The molecule has 2 heteroatoms. The first-order chi connectivity index (χ1) is 14.5. The Balaban J connectivity index is 1.30. The van der Waals surface area contributed by atoms with Crippen LogP contribution in [0.4, 0.5) is 0 Å². The highest BCUT2D eigenvalue weighted by Gasteiger charge is 2.59. The average molecular weight is 422 g/mol. The first kappa shape index (κ1) is 20.6. The minimum atomic E-state index is 0.387. The van der Waals surface area contributed by atoms with E-state index in [-0.39, 0.29) is 0 Å². The van der Waals surface area contributed by atoms with E-state index in [0.29, 0.717) is 22.9 Å². The van der Waals surface area contributed by atoms with Gasteiger partial charge in [-0.05, 0) is 111 Å². The first-order valence-corrected chi connectivity index (χ1v) is 12.4. The van der Waals surface area contributed by atoms with E-state index in [1.807, 2.05) is 0 Å². The molecule has 0 unspecified atom stereocenters. The number of rotatable bonds is 7.